The summed E-state index contributed by atoms with van der Waals surface area (Å²) in [6.07, 6.45) is 5.12. The molecule has 0 atom stereocenters. The molecule has 132 valence electrons. The van der Waals surface area contributed by atoms with E-state index >= 15 is 0 Å². The summed E-state index contributed by atoms with van der Waals surface area (Å²) in [4.78, 5) is 38.1. The van der Waals surface area contributed by atoms with Crippen LogP contribution in [0.4, 0.5) is 0 Å². The van der Waals surface area contributed by atoms with Gasteiger partial charge in [-0.05, 0) is 25.7 Å². The van der Waals surface area contributed by atoms with Gasteiger partial charge in [-0.15, -0.1) is 0 Å². The van der Waals surface area contributed by atoms with Crippen LogP contribution in [-0.4, -0.2) is 51.3 Å². The highest BCUT2D eigenvalue weighted by atomic mass is 16.5. The van der Waals surface area contributed by atoms with E-state index in [0.717, 1.165) is 31.5 Å². The van der Waals surface area contributed by atoms with Crippen molar-refractivity contribution in [3.63, 3.8) is 0 Å². The third kappa shape index (κ3) is 3.37. The zero-order valence-electron chi connectivity index (χ0n) is 14.1. The number of rotatable bonds is 3. The Labute approximate surface area is 140 Å². The van der Waals surface area contributed by atoms with Gasteiger partial charge in [-0.3, -0.25) is 14.2 Å². The molecule has 24 heavy (non-hydrogen) atoms. The van der Waals surface area contributed by atoms with Crippen molar-refractivity contribution in [2.45, 2.75) is 51.6 Å². The summed E-state index contributed by atoms with van der Waals surface area (Å²) in [6, 6.07) is 0. The molecule has 0 saturated carbocycles. The standard InChI is InChI=1S/C16H24N4O4/c1-24-15(22)12-6-9-18(10-7-12)14(21)11-20-16(23)19-8-4-2-3-5-13(19)17-20/h12H,2-11H2,1H3. The molecule has 2 aliphatic heterocycles. The molecule has 2 aliphatic rings. The van der Waals surface area contributed by atoms with Crippen LogP contribution in [0.2, 0.25) is 0 Å². The van der Waals surface area contributed by atoms with Gasteiger partial charge in [0.2, 0.25) is 5.91 Å². The summed E-state index contributed by atoms with van der Waals surface area (Å²) in [6.45, 7) is 1.69. The number of carbonyl (C=O) groups is 2. The lowest BCUT2D eigenvalue weighted by Gasteiger charge is -2.30. The average Bonchev–Trinajstić information content (AvgIpc) is 2.78. The number of esters is 1. The van der Waals surface area contributed by atoms with Crippen LogP contribution in [0.25, 0.3) is 0 Å². The van der Waals surface area contributed by atoms with Gasteiger partial charge in [0, 0.05) is 26.1 Å². The third-order valence-electron chi connectivity index (χ3n) is 4.95. The SMILES string of the molecule is COC(=O)C1CCN(C(=O)Cn2nc3n(c2=O)CCCCC3)CC1. The number of aromatic nitrogens is 3. The minimum Gasteiger partial charge on any atom is -0.469 e. The van der Waals surface area contributed by atoms with Crippen LogP contribution in [0.15, 0.2) is 4.79 Å². The Morgan fingerprint density at radius 1 is 1.17 bits per heavy atom. The molecule has 1 aromatic heterocycles. The lowest BCUT2D eigenvalue weighted by molar-refractivity contribution is -0.149. The summed E-state index contributed by atoms with van der Waals surface area (Å²) in [5.74, 6) is 0.324. The summed E-state index contributed by atoms with van der Waals surface area (Å²) in [5, 5.41) is 4.35. The molecule has 0 bridgehead atoms. The number of ether oxygens (including phenoxy) is 1. The number of methoxy groups -OCH3 is 1. The molecule has 1 saturated heterocycles. The maximum Gasteiger partial charge on any atom is 0.346 e. The van der Waals surface area contributed by atoms with E-state index in [2.05, 4.69) is 5.10 Å². The first-order valence-corrected chi connectivity index (χ1v) is 8.62. The minimum atomic E-state index is -0.212. The van der Waals surface area contributed by atoms with Gasteiger partial charge in [0.15, 0.2) is 0 Å². The molecule has 8 heteroatoms. The number of nitrogens with zero attached hydrogens (tertiary/aromatic N) is 4. The van der Waals surface area contributed by atoms with Crippen molar-refractivity contribution in [1.82, 2.24) is 19.2 Å². The molecule has 0 aliphatic carbocycles. The van der Waals surface area contributed by atoms with Gasteiger partial charge in [-0.25, -0.2) is 9.48 Å². The van der Waals surface area contributed by atoms with E-state index in [4.69, 9.17) is 4.74 Å². The van der Waals surface area contributed by atoms with Gasteiger partial charge < -0.3 is 9.64 Å². The maximum absolute atomic E-state index is 12.4. The molecule has 0 unspecified atom stereocenters. The number of hydrogen-bond donors (Lipinski definition) is 0. The van der Waals surface area contributed by atoms with Crippen LogP contribution in [0.5, 0.6) is 0 Å². The number of fused-ring (bicyclic) bond motifs is 1. The molecule has 1 fully saturated rings. The number of piperidine rings is 1. The van der Waals surface area contributed by atoms with Gasteiger partial charge in [0.05, 0.1) is 13.0 Å². The monoisotopic (exact) mass is 336 g/mol. The number of carbonyl (C=O) groups excluding carboxylic acids is 2. The van der Waals surface area contributed by atoms with E-state index in [1.807, 2.05) is 0 Å². The quantitative estimate of drug-likeness (QED) is 0.735. The Kier molecular flexibility index (Phi) is 5.01. The highest BCUT2D eigenvalue weighted by Gasteiger charge is 2.28. The van der Waals surface area contributed by atoms with Crippen LogP contribution >= 0.6 is 0 Å². The van der Waals surface area contributed by atoms with Crippen LogP contribution < -0.4 is 5.69 Å². The summed E-state index contributed by atoms with van der Waals surface area (Å²) >= 11 is 0. The van der Waals surface area contributed by atoms with Crippen molar-refractivity contribution in [2.24, 2.45) is 5.92 Å². The Balaban J connectivity index is 1.62. The lowest BCUT2D eigenvalue weighted by Crippen LogP contribution is -2.43. The number of amides is 1. The topological polar surface area (TPSA) is 86.4 Å². The summed E-state index contributed by atoms with van der Waals surface area (Å²) in [7, 11) is 1.38. The van der Waals surface area contributed by atoms with Crippen LogP contribution in [0.3, 0.4) is 0 Å². The molecule has 0 N–H and O–H groups in total. The second-order valence-electron chi connectivity index (χ2n) is 6.50. The van der Waals surface area contributed by atoms with E-state index < -0.39 is 0 Å². The first kappa shape index (κ1) is 16.7. The fraction of sp³-hybridized carbons (Fsp3) is 0.750. The molecule has 3 heterocycles. The van der Waals surface area contributed by atoms with E-state index in [1.165, 1.54) is 11.8 Å². The van der Waals surface area contributed by atoms with E-state index in [1.54, 1.807) is 9.47 Å². The second kappa shape index (κ2) is 7.19. The second-order valence-corrected chi connectivity index (χ2v) is 6.50. The summed E-state index contributed by atoms with van der Waals surface area (Å²) < 4.78 is 7.74. The fourth-order valence-electron chi connectivity index (χ4n) is 3.49. The van der Waals surface area contributed by atoms with Crippen molar-refractivity contribution < 1.29 is 14.3 Å². The van der Waals surface area contributed by atoms with Crippen molar-refractivity contribution in [3.05, 3.63) is 16.3 Å². The van der Waals surface area contributed by atoms with Gasteiger partial charge in [0.25, 0.3) is 0 Å². The lowest BCUT2D eigenvalue weighted by atomic mass is 9.97. The van der Waals surface area contributed by atoms with E-state index in [9.17, 15) is 14.4 Å². The molecule has 0 radical (unpaired) electrons. The minimum absolute atomic E-state index is 0.0261. The molecule has 3 rings (SSSR count). The van der Waals surface area contributed by atoms with Gasteiger partial charge in [-0.1, -0.05) is 6.42 Å². The normalized spacial score (nSPS) is 18.8. The van der Waals surface area contributed by atoms with Gasteiger partial charge in [0.1, 0.15) is 12.4 Å². The smallest absolute Gasteiger partial charge is 0.346 e. The largest absolute Gasteiger partial charge is 0.469 e. The maximum atomic E-state index is 12.4. The molecule has 0 aromatic carbocycles. The van der Waals surface area contributed by atoms with Gasteiger partial charge >= 0.3 is 11.7 Å². The van der Waals surface area contributed by atoms with Crippen molar-refractivity contribution >= 4 is 11.9 Å². The molecule has 0 spiro atoms. The molecule has 1 amide bonds. The zero-order valence-corrected chi connectivity index (χ0v) is 14.1. The highest BCUT2D eigenvalue weighted by Crippen LogP contribution is 2.18. The molecule has 8 nitrogen and oxygen atoms in total. The molecular weight excluding hydrogens is 312 g/mol. The molecule has 1 aromatic rings. The van der Waals surface area contributed by atoms with E-state index in [0.29, 0.717) is 32.5 Å². The van der Waals surface area contributed by atoms with Crippen LogP contribution in [0, 0.1) is 5.92 Å². The van der Waals surface area contributed by atoms with Crippen molar-refractivity contribution in [1.29, 1.82) is 0 Å². The fourth-order valence-corrected chi connectivity index (χ4v) is 3.49. The predicted octanol–water partition coefficient (Wildman–Crippen LogP) is 0.183. The first-order valence-electron chi connectivity index (χ1n) is 8.62. The summed E-state index contributed by atoms with van der Waals surface area (Å²) in [5.41, 5.74) is -0.190. The van der Waals surface area contributed by atoms with Crippen molar-refractivity contribution in [3.8, 4) is 0 Å². The third-order valence-corrected chi connectivity index (χ3v) is 4.95. The van der Waals surface area contributed by atoms with Crippen LogP contribution in [0.1, 0.15) is 37.9 Å². The zero-order chi connectivity index (χ0) is 17.1. The Morgan fingerprint density at radius 3 is 2.62 bits per heavy atom. The van der Waals surface area contributed by atoms with E-state index in [-0.39, 0.29) is 30.0 Å². The van der Waals surface area contributed by atoms with Crippen molar-refractivity contribution in [2.75, 3.05) is 20.2 Å². The first-order chi connectivity index (χ1) is 11.6. The van der Waals surface area contributed by atoms with Crippen LogP contribution in [-0.2, 0) is 33.8 Å². The van der Waals surface area contributed by atoms with Gasteiger partial charge in [-0.2, -0.15) is 5.10 Å². The number of aryl methyl sites for hydroxylation is 1. The Bertz CT molecular complexity index is 670. The highest BCUT2D eigenvalue weighted by molar-refractivity contribution is 5.77. The number of likely N-dealkylation sites (tertiary alicyclic amines) is 1. The predicted molar refractivity (Wildman–Crippen MR) is 85.4 cm³/mol. The molecular formula is C16H24N4O4. The Morgan fingerprint density at radius 2 is 1.92 bits per heavy atom. The number of hydrogen-bond acceptors (Lipinski definition) is 5. The Hall–Kier alpha value is -2.12. The average molecular weight is 336 g/mol.